The van der Waals surface area contributed by atoms with E-state index in [2.05, 4.69) is 69.4 Å². The van der Waals surface area contributed by atoms with Gasteiger partial charge in [0.15, 0.2) is 0 Å². The van der Waals surface area contributed by atoms with Gasteiger partial charge in [-0.15, -0.1) is 0 Å². The first kappa shape index (κ1) is 17.7. The Hall–Kier alpha value is -2.09. The number of fused-ring (bicyclic) bond motifs is 1. The fraction of sp³-hybridized carbons (Fsp3) is 0.435. The molecule has 2 aromatic carbocycles. The number of para-hydroxylation sites is 1. The van der Waals surface area contributed by atoms with Crippen molar-refractivity contribution < 1.29 is 4.79 Å². The second kappa shape index (κ2) is 7.43. The SMILES string of the molecule is CC(C)c1cccc(C(C)C)c1NC(=O)[C@H]1CCCc2ccccc21. The number of hydrogen-bond donors (Lipinski definition) is 1. The van der Waals surface area contributed by atoms with E-state index in [-0.39, 0.29) is 11.8 Å². The predicted molar refractivity (Wildman–Crippen MR) is 105 cm³/mol. The van der Waals surface area contributed by atoms with E-state index in [0.717, 1.165) is 24.9 Å². The molecule has 132 valence electrons. The number of nitrogens with one attached hydrogen (secondary N) is 1. The number of hydrogen-bond acceptors (Lipinski definition) is 1. The average Bonchev–Trinajstić information content (AvgIpc) is 2.60. The maximum Gasteiger partial charge on any atom is 0.231 e. The number of carbonyl (C=O) groups is 1. The third-order valence-corrected chi connectivity index (χ3v) is 5.31. The Kier molecular flexibility index (Phi) is 5.27. The monoisotopic (exact) mass is 335 g/mol. The van der Waals surface area contributed by atoms with Crippen LogP contribution in [0.1, 0.15) is 80.5 Å². The lowest BCUT2D eigenvalue weighted by Crippen LogP contribution is -2.26. The molecule has 0 radical (unpaired) electrons. The molecule has 1 aliphatic rings. The van der Waals surface area contributed by atoms with Crippen LogP contribution in [0.2, 0.25) is 0 Å². The van der Waals surface area contributed by atoms with Gasteiger partial charge < -0.3 is 5.32 Å². The largest absolute Gasteiger partial charge is 0.325 e. The van der Waals surface area contributed by atoms with Crippen LogP contribution < -0.4 is 5.32 Å². The van der Waals surface area contributed by atoms with Gasteiger partial charge in [0, 0.05) is 5.69 Å². The summed E-state index contributed by atoms with van der Waals surface area (Å²) < 4.78 is 0. The lowest BCUT2D eigenvalue weighted by atomic mass is 9.82. The molecule has 1 N–H and O–H groups in total. The normalized spacial score (nSPS) is 16.8. The Bertz CT molecular complexity index is 734. The Morgan fingerprint density at radius 2 is 1.60 bits per heavy atom. The number of anilines is 1. The molecule has 1 amide bonds. The maximum atomic E-state index is 13.2. The van der Waals surface area contributed by atoms with Gasteiger partial charge in [-0.05, 0) is 53.4 Å². The number of carbonyl (C=O) groups excluding carboxylic acids is 1. The lowest BCUT2D eigenvalue weighted by Gasteiger charge is -2.27. The summed E-state index contributed by atoms with van der Waals surface area (Å²) in [6, 6.07) is 14.8. The van der Waals surface area contributed by atoms with E-state index in [1.807, 2.05) is 6.07 Å². The molecular weight excluding hydrogens is 306 g/mol. The Morgan fingerprint density at radius 3 is 2.24 bits per heavy atom. The molecule has 3 rings (SSSR count). The summed E-state index contributed by atoms with van der Waals surface area (Å²) in [6.45, 7) is 8.74. The van der Waals surface area contributed by atoms with Crippen molar-refractivity contribution in [3.8, 4) is 0 Å². The van der Waals surface area contributed by atoms with E-state index in [1.54, 1.807) is 0 Å². The molecule has 2 aromatic rings. The third kappa shape index (κ3) is 3.63. The second-order valence-corrected chi connectivity index (χ2v) is 7.75. The highest BCUT2D eigenvalue weighted by Gasteiger charge is 2.27. The summed E-state index contributed by atoms with van der Waals surface area (Å²) >= 11 is 0. The van der Waals surface area contributed by atoms with E-state index < -0.39 is 0 Å². The minimum absolute atomic E-state index is 0.0369. The van der Waals surface area contributed by atoms with Crippen molar-refractivity contribution in [1.82, 2.24) is 0 Å². The third-order valence-electron chi connectivity index (χ3n) is 5.31. The fourth-order valence-electron chi connectivity index (χ4n) is 3.93. The molecule has 0 saturated carbocycles. The van der Waals surface area contributed by atoms with Gasteiger partial charge in [0.1, 0.15) is 0 Å². The van der Waals surface area contributed by atoms with Crippen LogP contribution in [0.15, 0.2) is 42.5 Å². The zero-order valence-corrected chi connectivity index (χ0v) is 15.8. The minimum Gasteiger partial charge on any atom is -0.325 e. The van der Waals surface area contributed by atoms with Crippen molar-refractivity contribution in [2.75, 3.05) is 5.32 Å². The molecule has 2 nitrogen and oxygen atoms in total. The average molecular weight is 335 g/mol. The van der Waals surface area contributed by atoms with Crippen molar-refractivity contribution in [2.45, 2.75) is 64.7 Å². The van der Waals surface area contributed by atoms with Gasteiger partial charge in [0.05, 0.1) is 5.92 Å². The zero-order valence-electron chi connectivity index (χ0n) is 15.8. The number of benzene rings is 2. The van der Waals surface area contributed by atoms with Crippen LogP contribution in [-0.2, 0) is 11.2 Å². The Balaban J connectivity index is 1.94. The van der Waals surface area contributed by atoms with Crippen LogP contribution in [0.3, 0.4) is 0 Å². The molecule has 1 atom stereocenters. The van der Waals surface area contributed by atoms with Gasteiger partial charge in [-0.2, -0.15) is 0 Å². The molecule has 2 heteroatoms. The number of amides is 1. The van der Waals surface area contributed by atoms with E-state index in [9.17, 15) is 4.79 Å². The molecule has 0 heterocycles. The second-order valence-electron chi connectivity index (χ2n) is 7.75. The molecule has 0 aromatic heterocycles. The van der Waals surface area contributed by atoms with Gasteiger partial charge in [-0.1, -0.05) is 70.2 Å². The van der Waals surface area contributed by atoms with Crippen molar-refractivity contribution in [1.29, 1.82) is 0 Å². The molecule has 1 aliphatic carbocycles. The smallest absolute Gasteiger partial charge is 0.231 e. The highest BCUT2D eigenvalue weighted by molar-refractivity contribution is 5.97. The molecular formula is C23H29NO. The predicted octanol–water partition coefficient (Wildman–Crippen LogP) is 5.99. The summed E-state index contributed by atoms with van der Waals surface area (Å²) in [7, 11) is 0. The summed E-state index contributed by atoms with van der Waals surface area (Å²) in [5.74, 6) is 0.868. The van der Waals surface area contributed by atoms with E-state index in [4.69, 9.17) is 0 Å². The van der Waals surface area contributed by atoms with Gasteiger partial charge in [-0.3, -0.25) is 4.79 Å². The van der Waals surface area contributed by atoms with Gasteiger partial charge in [0.25, 0.3) is 0 Å². The molecule has 0 unspecified atom stereocenters. The Labute approximate surface area is 151 Å². The van der Waals surface area contributed by atoms with Crippen LogP contribution >= 0.6 is 0 Å². The topological polar surface area (TPSA) is 29.1 Å². The lowest BCUT2D eigenvalue weighted by molar-refractivity contribution is -0.117. The maximum absolute atomic E-state index is 13.2. The highest BCUT2D eigenvalue weighted by Crippen LogP contribution is 2.36. The van der Waals surface area contributed by atoms with Gasteiger partial charge >= 0.3 is 0 Å². The number of aryl methyl sites for hydroxylation is 1. The first-order valence-electron chi connectivity index (χ1n) is 9.50. The molecule has 25 heavy (non-hydrogen) atoms. The van der Waals surface area contributed by atoms with Crippen LogP contribution in [0, 0.1) is 0 Å². The summed E-state index contributed by atoms with van der Waals surface area (Å²) in [5.41, 5.74) is 6.02. The summed E-state index contributed by atoms with van der Waals surface area (Å²) in [6.07, 6.45) is 3.10. The molecule has 0 bridgehead atoms. The Morgan fingerprint density at radius 1 is 0.960 bits per heavy atom. The molecule has 0 spiro atoms. The van der Waals surface area contributed by atoms with Crippen molar-refractivity contribution in [2.24, 2.45) is 0 Å². The van der Waals surface area contributed by atoms with Gasteiger partial charge in [0.2, 0.25) is 5.91 Å². The zero-order chi connectivity index (χ0) is 18.0. The van der Waals surface area contributed by atoms with E-state index >= 15 is 0 Å². The van der Waals surface area contributed by atoms with E-state index in [1.165, 1.54) is 22.3 Å². The molecule has 0 fully saturated rings. The van der Waals surface area contributed by atoms with Gasteiger partial charge in [-0.25, -0.2) is 0 Å². The summed E-state index contributed by atoms with van der Waals surface area (Å²) in [4.78, 5) is 13.2. The van der Waals surface area contributed by atoms with Crippen LogP contribution in [0.4, 0.5) is 5.69 Å². The minimum atomic E-state index is -0.0369. The highest BCUT2D eigenvalue weighted by atomic mass is 16.1. The van der Waals surface area contributed by atoms with E-state index in [0.29, 0.717) is 11.8 Å². The standard InChI is InChI=1S/C23H29NO/c1-15(2)18-12-8-13-19(16(3)4)22(18)24-23(25)21-14-7-10-17-9-5-6-11-20(17)21/h5-6,8-9,11-13,15-16,21H,7,10,14H2,1-4H3,(H,24,25)/t21-/m0/s1. The first-order chi connectivity index (χ1) is 12.0. The van der Waals surface area contributed by atoms with Crippen LogP contribution in [-0.4, -0.2) is 5.91 Å². The number of rotatable bonds is 4. The van der Waals surface area contributed by atoms with Crippen LogP contribution in [0.5, 0.6) is 0 Å². The van der Waals surface area contributed by atoms with Crippen molar-refractivity contribution in [3.63, 3.8) is 0 Å². The van der Waals surface area contributed by atoms with Crippen LogP contribution in [0.25, 0.3) is 0 Å². The first-order valence-corrected chi connectivity index (χ1v) is 9.50. The fourth-order valence-corrected chi connectivity index (χ4v) is 3.93. The quantitative estimate of drug-likeness (QED) is 0.730. The van der Waals surface area contributed by atoms with Crippen molar-refractivity contribution >= 4 is 11.6 Å². The van der Waals surface area contributed by atoms with Crippen molar-refractivity contribution in [3.05, 3.63) is 64.7 Å². The molecule has 0 aliphatic heterocycles. The molecule has 0 saturated heterocycles. The summed E-state index contributed by atoms with van der Waals surface area (Å²) in [5, 5.41) is 3.31.